The molecular formula is C24H27N3O4S. The van der Waals surface area contributed by atoms with E-state index in [1.165, 1.54) is 11.0 Å². The Morgan fingerprint density at radius 3 is 2.94 bits per heavy atom. The van der Waals surface area contributed by atoms with Crippen molar-refractivity contribution in [1.29, 1.82) is 0 Å². The van der Waals surface area contributed by atoms with Gasteiger partial charge in [0, 0.05) is 36.8 Å². The van der Waals surface area contributed by atoms with Crippen LogP contribution in [0, 0.1) is 0 Å². The number of carbonyl (C=O) groups excluding carboxylic acids is 3. The molecule has 2 saturated heterocycles. The lowest BCUT2D eigenvalue weighted by Gasteiger charge is -2.12. The molecule has 7 nitrogen and oxygen atoms in total. The molecule has 3 amide bonds. The third-order valence-electron chi connectivity index (χ3n) is 5.73. The van der Waals surface area contributed by atoms with Crippen LogP contribution in [0.5, 0.6) is 0 Å². The van der Waals surface area contributed by atoms with Crippen LogP contribution >= 0.6 is 11.8 Å². The van der Waals surface area contributed by atoms with Gasteiger partial charge in [0.25, 0.3) is 11.1 Å². The molecule has 1 N–H and O–H groups in total. The predicted octanol–water partition coefficient (Wildman–Crippen LogP) is 3.72. The molecule has 0 spiro atoms. The Kier molecular flexibility index (Phi) is 6.81. The molecule has 3 heterocycles. The number of fused-ring (bicyclic) bond motifs is 1. The van der Waals surface area contributed by atoms with Crippen molar-refractivity contribution in [2.45, 2.75) is 38.8 Å². The van der Waals surface area contributed by atoms with E-state index in [1.54, 1.807) is 6.08 Å². The van der Waals surface area contributed by atoms with Gasteiger partial charge in [0.15, 0.2) is 0 Å². The summed E-state index contributed by atoms with van der Waals surface area (Å²) in [6.45, 7) is 7.31. The number of aromatic nitrogens is 1. The second kappa shape index (κ2) is 9.75. The molecule has 2 aliphatic heterocycles. The molecule has 8 heteroatoms. The highest BCUT2D eigenvalue weighted by Gasteiger charge is 2.34. The van der Waals surface area contributed by atoms with E-state index in [9.17, 15) is 14.4 Å². The monoisotopic (exact) mass is 453 g/mol. The van der Waals surface area contributed by atoms with Gasteiger partial charge in [0.05, 0.1) is 16.5 Å². The first-order valence-corrected chi connectivity index (χ1v) is 11.7. The van der Waals surface area contributed by atoms with Crippen molar-refractivity contribution in [2.75, 3.05) is 19.7 Å². The van der Waals surface area contributed by atoms with E-state index in [0.29, 0.717) is 11.4 Å². The molecule has 2 aromatic rings. The van der Waals surface area contributed by atoms with Crippen molar-refractivity contribution < 1.29 is 19.1 Å². The number of para-hydroxylation sites is 1. The van der Waals surface area contributed by atoms with E-state index in [2.05, 4.69) is 18.8 Å². The second-order valence-electron chi connectivity index (χ2n) is 7.90. The van der Waals surface area contributed by atoms with Crippen LogP contribution in [0.1, 0.15) is 30.9 Å². The minimum atomic E-state index is -0.318. The number of aryl methyl sites for hydroxylation is 1. The lowest BCUT2D eigenvalue weighted by atomic mass is 10.1. The van der Waals surface area contributed by atoms with Crippen LogP contribution < -0.4 is 5.32 Å². The Morgan fingerprint density at radius 2 is 2.22 bits per heavy atom. The molecule has 0 bridgehead atoms. The molecular weight excluding hydrogens is 426 g/mol. The SMILES string of the molecule is C=CCN1C(=O)S/C(=C\c2cn(CC(=O)NC[C@H]3CCCO3)c3c(CC)cccc23)C1=O. The van der Waals surface area contributed by atoms with Crippen LogP contribution in [0.15, 0.2) is 42.0 Å². The molecule has 2 fully saturated rings. The van der Waals surface area contributed by atoms with Crippen molar-refractivity contribution in [3.8, 4) is 0 Å². The van der Waals surface area contributed by atoms with Gasteiger partial charge in [-0.2, -0.15) is 0 Å². The lowest BCUT2D eigenvalue weighted by molar-refractivity contribution is -0.123. The fourth-order valence-corrected chi connectivity index (χ4v) is 5.00. The summed E-state index contributed by atoms with van der Waals surface area (Å²) in [6.07, 6.45) is 8.07. The maximum atomic E-state index is 12.7. The number of amides is 3. The first-order chi connectivity index (χ1) is 15.5. The van der Waals surface area contributed by atoms with Crippen molar-refractivity contribution in [3.05, 3.63) is 53.1 Å². The van der Waals surface area contributed by atoms with Crippen LogP contribution in [0.3, 0.4) is 0 Å². The molecule has 4 rings (SSSR count). The average molecular weight is 454 g/mol. The van der Waals surface area contributed by atoms with Crippen LogP contribution in [0.2, 0.25) is 0 Å². The second-order valence-corrected chi connectivity index (χ2v) is 8.89. The summed E-state index contributed by atoms with van der Waals surface area (Å²) in [7, 11) is 0. The van der Waals surface area contributed by atoms with Gasteiger partial charge in [-0.25, -0.2) is 0 Å². The number of nitrogens with one attached hydrogen (secondary N) is 1. The molecule has 32 heavy (non-hydrogen) atoms. The van der Waals surface area contributed by atoms with E-state index < -0.39 is 0 Å². The molecule has 1 aromatic heterocycles. The highest BCUT2D eigenvalue weighted by atomic mass is 32.2. The Bertz CT molecular complexity index is 1100. The van der Waals surface area contributed by atoms with E-state index in [-0.39, 0.29) is 36.2 Å². The first kappa shape index (κ1) is 22.4. The van der Waals surface area contributed by atoms with Gasteiger partial charge in [-0.05, 0) is 42.7 Å². The quantitative estimate of drug-likeness (QED) is 0.487. The topological polar surface area (TPSA) is 80.6 Å². The summed E-state index contributed by atoms with van der Waals surface area (Å²) in [4.78, 5) is 39.0. The number of rotatable bonds is 8. The fraction of sp³-hybridized carbons (Fsp3) is 0.375. The summed E-state index contributed by atoms with van der Waals surface area (Å²) in [5.41, 5.74) is 2.90. The highest BCUT2D eigenvalue weighted by molar-refractivity contribution is 8.18. The van der Waals surface area contributed by atoms with Crippen molar-refractivity contribution in [3.63, 3.8) is 0 Å². The maximum absolute atomic E-state index is 12.7. The number of nitrogens with zero attached hydrogens (tertiary/aromatic N) is 2. The van der Waals surface area contributed by atoms with E-state index in [1.807, 2.05) is 29.0 Å². The molecule has 0 aliphatic carbocycles. The van der Waals surface area contributed by atoms with Gasteiger partial charge in [0.2, 0.25) is 5.91 Å². The van der Waals surface area contributed by atoms with E-state index in [0.717, 1.165) is 59.7 Å². The van der Waals surface area contributed by atoms with Gasteiger partial charge in [0.1, 0.15) is 6.54 Å². The number of hydrogen-bond donors (Lipinski definition) is 1. The minimum Gasteiger partial charge on any atom is -0.376 e. The third kappa shape index (κ3) is 4.52. The average Bonchev–Trinajstić information content (AvgIpc) is 3.49. The van der Waals surface area contributed by atoms with Crippen molar-refractivity contribution in [1.82, 2.24) is 14.8 Å². The minimum absolute atomic E-state index is 0.0823. The lowest BCUT2D eigenvalue weighted by Crippen LogP contribution is -2.34. The van der Waals surface area contributed by atoms with Gasteiger partial charge < -0.3 is 14.6 Å². The number of thioether (sulfide) groups is 1. The largest absolute Gasteiger partial charge is 0.376 e. The van der Waals surface area contributed by atoms with Gasteiger partial charge in [-0.1, -0.05) is 31.2 Å². The van der Waals surface area contributed by atoms with Crippen LogP contribution in [0.25, 0.3) is 17.0 Å². The molecule has 1 atom stereocenters. The summed E-state index contributed by atoms with van der Waals surface area (Å²) in [5, 5.41) is 3.62. The number of hydrogen-bond acceptors (Lipinski definition) is 5. The number of benzene rings is 1. The molecule has 2 aliphatic rings. The molecule has 0 radical (unpaired) electrons. The predicted molar refractivity (Wildman–Crippen MR) is 126 cm³/mol. The molecule has 0 unspecified atom stereocenters. The zero-order chi connectivity index (χ0) is 22.7. The summed E-state index contributed by atoms with van der Waals surface area (Å²) < 4.78 is 7.51. The molecule has 0 saturated carbocycles. The highest BCUT2D eigenvalue weighted by Crippen LogP contribution is 2.34. The first-order valence-electron chi connectivity index (χ1n) is 10.9. The van der Waals surface area contributed by atoms with Crippen LogP contribution in [-0.4, -0.2) is 52.3 Å². The Labute approximate surface area is 191 Å². The smallest absolute Gasteiger partial charge is 0.293 e. The van der Waals surface area contributed by atoms with E-state index >= 15 is 0 Å². The van der Waals surface area contributed by atoms with Crippen LogP contribution in [0.4, 0.5) is 4.79 Å². The molecule has 1 aromatic carbocycles. The fourth-order valence-electron chi connectivity index (χ4n) is 4.16. The Balaban J connectivity index is 1.63. The van der Waals surface area contributed by atoms with E-state index in [4.69, 9.17) is 4.74 Å². The van der Waals surface area contributed by atoms with Crippen molar-refractivity contribution in [2.24, 2.45) is 0 Å². The molecule has 168 valence electrons. The number of carbonyl (C=O) groups is 3. The zero-order valence-electron chi connectivity index (χ0n) is 18.1. The van der Waals surface area contributed by atoms with Gasteiger partial charge >= 0.3 is 0 Å². The summed E-state index contributed by atoms with van der Waals surface area (Å²) in [5.74, 6) is -0.400. The van der Waals surface area contributed by atoms with Crippen molar-refractivity contribution >= 4 is 45.8 Å². The zero-order valence-corrected chi connectivity index (χ0v) is 19.0. The van der Waals surface area contributed by atoms with Gasteiger partial charge in [-0.3, -0.25) is 19.3 Å². The number of ether oxygens (including phenoxy) is 1. The maximum Gasteiger partial charge on any atom is 0.293 e. The van der Waals surface area contributed by atoms with Crippen LogP contribution in [-0.2, 0) is 27.3 Å². The number of imide groups is 1. The standard InChI is InChI=1S/C24H27N3O4S/c1-3-10-27-23(29)20(32-24(27)30)12-17-14-26(22-16(4-2)7-5-9-19(17)22)15-21(28)25-13-18-8-6-11-31-18/h3,5,7,9,12,14,18H,1,4,6,8,10-11,13,15H2,2H3,(H,25,28)/b20-12-/t18-/m1/s1. The third-order valence-corrected chi connectivity index (χ3v) is 6.64. The van der Waals surface area contributed by atoms with Gasteiger partial charge in [-0.15, -0.1) is 6.58 Å². The normalized spacial score (nSPS) is 20.0. The Hall–Kier alpha value is -2.84. The Morgan fingerprint density at radius 1 is 1.38 bits per heavy atom. The summed E-state index contributed by atoms with van der Waals surface area (Å²) >= 11 is 0.929. The summed E-state index contributed by atoms with van der Waals surface area (Å²) in [6, 6.07) is 6.00.